The summed E-state index contributed by atoms with van der Waals surface area (Å²) in [5.41, 5.74) is 6.86. The quantitative estimate of drug-likeness (QED) is 0.758. The van der Waals surface area contributed by atoms with Gasteiger partial charge in [0.05, 0.1) is 0 Å². The Morgan fingerprint density at radius 3 is 2.92 bits per heavy atom. The number of thiophene rings is 1. The number of nitrogens with two attached hydrogens (primary N) is 1. The SMILES string of the molecule is Cc1ccsc1CNC(C)CCN. The molecule has 0 fully saturated rings. The maximum absolute atomic E-state index is 5.47. The molecule has 0 saturated carbocycles. The van der Waals surface area contributed by atoms with Gasteiger partial charge in [0.15, 0.2) is 0 Å². The topological polar surface area (TPSA) is 38.0 Å². The Morgan fingerprint density at radius 2 is 2.38 bits per heavy atom. The summed E-state index contributed by atoms with van der Waals surface area (Å²) >= 11 is 1.82. The molecule has 0 aliphatic carbocycles. The maximum atomic E-state index is 5.47. The van der Waals surface area contributed by atoms with Crippen molar-refractivity contribution in [3.63, 3.8) is 0 Å². The Hall–Kier alpha value is -0.380. The standard InChI is InChI=1S/C10H18N2S/c1-8-4-6-13-10(8)7-12-9(2)3-5-11/h4,6,9,12H,3,5,7,11H2,1-2H3. The van der Waals surface area contributed by atoms with E-state index in [1.807, 2.05) is 11.3 Å². The summed E-state index contributed by atoms with van der Waals surface area (Å²) in [4.78, 5) is 1.43. The van der Waals surface area contributed by atoms with Crippen LogP contribution in [0.25, 0.3) is 0 Å². The summed E-state index contributed by atoms with van der Waals surface area (Å²) in [6.45, 7) is 6.07. The Balaban J connectivity index is 2.30. The fourth-order valence-electron chi connectivity index (χ4n) is 1.20. The zero-order valence-corrected chi connectivity index (χ0v) is 9.16. The van der Waals surface area contributed by atoms with Gasteiger partial charge in [-0.25, -0.2) is 0 Å². The van der Waals surface area contributed by atoms with E-state index in [1.54, 1.807) is 0 Å². The Labute approximate surface area is 84.2 Å². The van der Waals surface area contributed by atoms with Gasteiger partial charge in [-0.2, -0.15) is 0 Å². The van der Waals surface area contributed by atoms with Gasteiger partial charge in [-0.05, 0) is 43.8 Å². The van der Waals surface area contributed by atoms with Gasteiger partial charge in [0.2, 0.25) is 0 Å². The van der Waals surface area contributed by atoms with Crippen LogP contribution in [0.3, 0.4) is 0 Å². The van der Waals surface area contributed by atoms with Crippen molar-refractivity contribution in [3.8, 4) is 0 Å². The highest BCUT2D eigenvalue weighted by Gasteiger charge is 2.02. The second-order valence-electron chi connectivity index (χ2n) is 3.39. The van der Waals surface area contributed by atoms with E-state index in [1.165, 1.54) is 10.4 Å². The van der Waals surface area contributed by atoms with Crippen molar-refractivity contribution in [1.82, 2.24) is 5.32 Å². The van der Waals surface area contributed by atoms with E-state index < -0.39 is 0 Å². The van der Waals surface area contributed by atoms with Crippen LogP contribution in [0.2, 0.25) is 0 Å². The lowest BCUT2D eigenvalue weighted by Gasteiger charge is -2.11. The van der Waals surface area contributed by atoms with E-state index in [4.69, 9.17) is 5.73 Å². The largest absolute Gasteiger partial charge is 0.330 e. The van der Waals surface area contributed by atoms with Gasteiger partial charge < -0.3 is 11.1 Å². The van der Waals surface area contributed by atoms with Crippen LogP contribution in [0, 0.1) is 6.92 Å². The van der Waals surface area contributed by atoms with Crippen molar-refractivity contribution in [2.45, 2.75) is 32.9 Å². The third-order valence-electron chi connectivity index (χ3n) is 2.18. The third-order valence-corrected chi connectivity index (χ3v) is 3.20. The molecule has 1 aromatic heterocycles. The highest BCUT2D eigenvalue weighted by molar-refractivity contribution is 7.10. The monoisotopic (exact) mass is 198 g/mol. The molecule has 1 atom stereocenters. The molecule has 13 heavy (non-hydrogen) atoms. The molecule has 1 aromatic rings. The van der Waals surface area contributed by atoms with E-state index in [2.05, 4.69) is 30.6 Å². The fourth-order valence-corrected chi connectivity index (χ4v) is 2.06. The molecule has 0 spiro atoms. The second kappa shape index (κ2) is 5.37. The predicted molar refractivity (Wildman–Crippen MR) is 59.0 cm³/mol. The molecule has 2 nitrogen and oxygen atoms in total. The van der Waals surface area contributed by atoms with Gasteiger partial charge in [0, 0.05) is 17.5 Å². The van der Waals surface area contributed by atoms with Gasteiger partial charge in [-0.15, -0.1) is 11.3 Å². The molecule has 3 N–H and O–H groups in total. The molecular formula is C10H18N2S. The lowest BCUT2D eigenvalue weighted by atomic mass is 10.2. The first-order chi connectivity index (χ1) is 6.24. The van der Waals surface area contributed by atoms with E-state index in [9.17, 15) is 0 Å². The minimum absolute atomic E-state index is 0.520. The summed E-state index contributed by atoms with van der Waals surface area (Å²) in [7, 11) is 0. The molecule has 0 bridgehead atoms. The highest BCUT2D eigenvalue weighted by atomic mass is 32.1. The third kappa shape index (κ3) is 3.46. The van der Waals surface area contributed by atoms with E-state index in [0.717, 1.165) is 19.5 Å². The molecule has 0 saturated heterocycles. The van der Waals surface area contributed by atoms with Gasteiger partial charge in [0.1, 0.15) is 0 Å². The van der Waals surface area contributed by atoms with Crippen LogP contribution in [0.1, 0.15) is 23.8 Å². The molecule has 1 heterocycles. The number of hydrogen-bond acceptors (Lipinski definition) is 3. The molecule has 0 aliphatic rings. The first-order valence-corrected chi connectivity index (χ1v) is 5.58. The minimum Gasteiger partial charge on any atom is -0.330 e. The summed E-state index contributed by atoms with van der Waals surface area (Å²) in [5.74, 6) is 0. The molecule has 0 amide bonds. The van der Waals surface area contributed by atoms with Crippen LogP contribution in [0.15, 0.2) is 11.4 Å². The Morgan fingerprint density at radius 1 is 1.62 bits per heavy atom. The van der Waals surface area contributed by atoms with Crippen molar-refractivity contribution in [2.24, 2.45) is 5.73 Å². The molecule has 1 unspecified atom stereocenters. The number of aryl methyl sites for hydroxylation is 1. The zero-order chi connectivity index (χ0) is 9.68. The van der Waals surface area contributed by atoms with Gasteiger partial charge in [-0.3, -0.25) is 0 Å². The van der Waals surface area contributed by atoms with Crippen molar-refractivity contribution in [1.29, 1.82) is 0 Å². The Bertz CT molecular complexity index is 245. The van der Waals surface area contributed by atoms with Crippen molar-refractivity contribution < 1.29 is 0 Å². The van der Waals surface area contributed by atoms with E-state index in [0.29, 0.717) is 6.04 Å². The van der Waals surface area contributed by atoms with Gasteiger partial charge >= 0.3 is 0 Å². The summed E-state index contributed by atoms with van der Waals surface area (Å²) < 4.78 is 0. The highest BCUT2D eigenvalue weighted by Crippen LogP contribution is 2.15. The van der Waals surface area contributed by atoms with Gasteiger partial charge in [0.25, 0.3) is 0 Å². The van der Waals surface area contributed by atoms with E-state index >= 15 is 0 Å². The molecule has 1 rings (SSSR count). The molecule has 0 radical (unpaired) electrons. The number of nitrogens with one attached hydrogen (secondary N) is 1. The van der Waals surface area contributed by atoms with Crippen LogP contribution >= 0.6 is 11.3 Å². The van der Waals surface area contributed by atoms with Crippen LogP contribution in [-0.2, 0) is 6.54 Å². The lowest BCUT2D eigenvalue weighted by molar-refractivity contribution is 0.522. The van der Waals surface area contributed by atoms with Crippen LogP contribution in [-0.4, -0.2) is 12.6 Å². The summed E-state index contributed by atoms with van der Waals surface area (Å²) in [6.07, 6.45) is 1.05. The van der Waals surface area contributed by atoms with Crippen LogP contribution < -0.4 is 11.1 Å². The van der Waals surface area contributed by atoms with Crippen molar-refractivity contribution in [3.05, 3.63) is 21.9 Å². The molecule has 0 aliphatic heterocycles. The lowest BCUT2D eigenvalue weighted by Crippen LogP contribution is -2.27. The molecule has 0 aromatic carbocycles. The van der Waals surface area contributed by atoms with Crippen LogP contribution in [0.5, 0.6) is 0 Å². The second-order valence-corrected chi connectivity index (χ2v) is 4.39. The normalized spacial score (nSPS) is 13.2. The van der Waals surface area contributed by atoms with Crippen LogP contribution in [0.4, 0.5) is 0 Å². The molecular weight excluding hydrogens is 180 g/mol. The minimum atomic E-state index is 0.520. The van der Waals surface area contributed by atoms with Crippen molar-refractivity contribution >= 4 is 11.3 Å². The van der Waals surface area contributed by atoms with Crippen molar-refractivity contribution in [2.75, 3.05) is 6.54 Å². The Kier molecular flexibility index (Phi) is 4.42. The average molecular weight is 198 g/mol. The number of rotatable bonds is 5. The predicted octanol–water partition coefficient (Wildman–Crippen LogP) is 1.88. The summed E-state index contributed by atoms with van der Waals surface area (Å²) in [5, 5.41) is 5.60. The number of hydrogen-bond donors (Lipinski definition) is 2. The zero-order valence-electron chi connectivity index (χ0n) is 8.34. The fraction of sp³-hybridized carbons (Fsp3) is 0.600. The maximum Gasteiger partial charge on any atom is 0.0304 e. The summed E-state index contributed by atoms with van der Waals surface area (Å²) in [6, 6.07) is 2.68. The average Bonchev–Trinajstić information content (AvgIpc) is 2.48. The van der Waals surface area contributed by atoms with Gasteiger partial charge in [-0.1, -0.05) is 0 Å². The first kappa shape index (κ1) is 10.7. The van der Waals surface area contributed by atoms with E-state index in [-0.39, 0.29) is 0 Å². The first-order valence-electron chi connectivity index (χ1n) is 4.70. The molecule has 74 valence electrons. The molecule has 3 heteroatoms. The smallest absolute Gasteiger partial charge is 0.0304 e.